The Morgan fingerprint density at radius 3 is 1.87 bits per heavy atom. The van der Waals surface area contributed by atoms with Crippen molar-refractivity contribution in [3.63, 3.8) is 0 Å². The van der Waals surface area contributed by atoms with E-state index in [9.17, 15) is 20.4 Å². The molecule has 4 aromatic rings. The van der Waals surface area contributed by atoms with Crippen LogP contribution in [0, 0.1) is 0 Å². The van der Waals surface area contributed by atoms with Crippen molar-refractivity contribution in [1.29, 1.82) is 0 Å². The summed E-state index contributed by atoms with van der Waals surface area (Å²) in [5, 5.41) is 42.2. The molecule has 0 aliphatic heterocycles. The molecule has 1 aliphatic carbocycles. The van der Waals surface area contributed by atoms with Crippen LogP contribution >= 0.6 is 23.2 Å². The van der Waals surface area contributed by atoms with Gasteiger partial charge in [0.15, 0.2) is 23.0 Å². The fourth-order valence-electron chi connectivity index (χ4n) is 4.31. The highest BCUT2D eigenvalue weighted by atomic mass is 35.5. The van der Waals surface area contributed by atoms with Crippen molar-refractivity contribution in [2.45, 2.75) is 6.42 Å². The second-order valence-corrected chi connectivity index (χ2v) is 8.36. The molecule has 0 unspecified atom stereocenters. The molecule has 0 saturated carbocycles. The number of hydrogen-bond donors (Lipinski definition) is 4. The Bertz CT molecular complexity index is 1380. The summed E-state index contributed by atoms with van der Waals surface area (Å²) < 4.78 is 0. The normalized spacial score (nSPS) is 11.9. The Morgan fingerprint density at radius 2 is 1.16 bits per heavy atom. The summed E-state index contributed by atoms with van der Waals surface area (Å²) in [6.07, 6.45) is 0.592. The molecule has 6 heteroatoms. The lowest BCUT2D eigenvalue weighted by molar-refractivity contribution is 0.405. The van der Waals surface area contributed by atoms with Crippen molar-refractivity contribution in [1.82, 2.24) is 0 Å². The molecule has 5 rings (SSSR count). The van der Waals surface area contributed by atoms with Crippen molar-refractivity contribution < 1.29 is 20.4 Å². The standard InChI is InChI=1S/C25H16Cl2O4/c26-13-8-19(24(30)21(28)10-13)17-6-5-16-15-4-2-1-3-12(15)7-18(16)23(17)20-9-14(27)11-22(29)25(20)31/h1-6,8-11,28-31H,7H2. The van der Waals surface area contributed by atoms with Crippen LogP contribution in [0.25, 0.3) is 33.4 Å². The molecule has 0 amide bonds. The van der Waals surface area contributed by atoms with Gasteiger partial charge in [0.2, 0.25) is 0 Å². The number of rotatable bonds is 2. The fourth-order valence-corrected chi connectivity index (χ4v) is 4.73. The second-order valence-electron chi connectivity index (χ2n) is 7.49. The molecule has 1 aliphatic rings. The van der Waals surface area contributed by atoms with E-state index in [1.165, 1.54) is 12.1 Å². The Balaban J connectivity index is 1.90. The summed E-state index contributed by atoms with van der Waals surface area (Å²) in [6.45, 7) is 0. The first-order valence-corrected chi connectivity index (χ1v) is 10.3. The molecule has 4 aromatic carbocycles. The molecule has 154 valence electrons. The minimum Gasteiger partial charge on any atom is -0.504 e. The van der Waals surface area contributed by atoms with E-state index in [0.29, 0.717) is 28.7 Å². The number of halogens is 2. The summed E-state index contributed by atoms with van der Waals surface area (Å²) >= 11 is 12.4. The average Bonchev–Trinajstić information content (AvgIpc) is 3.11. The van der Waals surface area contributed by atoms with Gasteiger partial charge in [0.1, 0.15) is 0 Å². The van der Waals surface area contributed by atoms with Crippen molar-refractivity contribution in [2.75, 3.05) is 0 Å². The van der Waals surface area contributed by atoms with Gasteiger partial charge >= 0.3 is 0 Å². The number of hydrogen-bond acceptors (Lipinski definition) is 4. The van der Waals surface area contributed by atoms with Gasteiger partial charge in [0.05, 0.1) is 0 Å². The Kier molecular flexibility index (Phi) is 4.50. The molecule has 0 aromatic heterocycles. The third-order valence-electron chi connectivity index (χ3n) is 5.66. The molecule has 4 nitrogen and oxygen atoms in total. The maximum atomic E-state index is 10.7. The van der Waals surface area contributed by atoms with E-state index < -0.39 is 0 Å². The maximum Gasteiger partial charge on any atom is 0.165 e. The van der Waals surface area contributed by atoms with Gasteiger partial charge in [-0.05, 0) is 51.9 Å². The van der Waals surface area contributed by atoms with Gasteiger partial charge < -0.3 is 20.4 Å². The van der Waals surface area contributed by atoms with Crippen LogP contribution in [0.2, 0.25) is 10.0 Å². The van der Waals surface area contributed by atoms with E-state index in [4.69, 9.17) is 23.2 Å². The van der Waals surface area contributed by atoms with E-state index >= 15 is 0 Å². The maximum absolute atomic E-state index is 10.7. The number of aromatic hydroxyl groups is 4. The zero-order valence-corrected chi connectivity index (χ0v) is 17.5. The number of phenolic OH excluding ortho intramolecular Hbond substituents is 4. The first-order valence-electron chi connectivity index (χ1n) is 9.53. The van der Waals surface area contributed by atoms with Crippen LogP contribution in [0.5, 0.6) is 23.0 Å². The molecule has 0 heterocycles. The van der Waals surface area contributed by atoms with Crippen LogP contribution in [-0.2, 0) is 6.42 Å². The molecule has 0 spiro atoms. The fraction of sp³-hybridized carbons (Fsp3) is 0.0400. The van der Waals surface area contributed by atoms with Crippen LogP contribution < -0.4 is 0 Å². The molecular formula is C25H16Cl2O4. The SMILES string of the molecule is Oc1cc(Cl)cc(-c2ccc3c(c2-c2cc(Cl)cc(O)c2O)Cc2ccccc2-3)c1O. The lowest BCUT2D eigenvalue weighted by Gasteiger charge is -2.19. The molecule has 0 saturated heterocycles. The summed E-state index contributed by atoms with van der Waals surface area (Å²) in [4.78, 5) is 0. The van der Waals surface area contributed by atoms with Gasteiger partial charge in [0, 0.05) is 33.3 Å². The third-order valence-corrected chi connectivity index (χ3v) is 6.09. The van der Waals surface area contributed by atoms with E-state index in [1.807, 2.05) is 30.3 Å². The van der Waals surface area contributed by atoms with Gasteiger partial charge in [-0.2, -0.15) is 0 Å². The molecule has 0 atom stereocenters. The summed E-state index contributed by atoms with van der Waals surface area (Å²) in [6, 6.07) is 17.4. The zero-order chi connectivity index (χ0) is 21.9. The van der Waals surface area contributed by atoms with E-state index in [2.05, 4.69) is 0 Å². The molecule has 0 radical (unpaired) electrons. The number of phenols is 4. The Hall–Kier alpha value is -3.34. The second kappa shape index (κ2) is 7.12. The van der Waals surface area contributed by atoms with Crippen LogP contribution in [0.4, 0.5) is 0 Å². The van der Waals surface area contributed by atoms with E-state index in [0.717, 1.165) is 22.3 Å². The van der Waals surface area contributed by atoms with Crippen molar-refractivity contribution in [2.24, 2.45) is 0 Å². The zero-order valence-electron chi connectivity index (χ0n) is 16.0. The van der Waals surface area contributed by atoms with Crippen LogP contribution in [0.3, 0.4) is 0 Å². The number of benzene rings is 4. The largest absolute Gasteiger partial charge is 0.504 e. The monoisotopic (exact) mass is 450 g/mol. The van der Waals surface area contributed by atoms with E-state index in [1.54, 1.807) is 18.2 Å². The summed E-state index contributed by atoms with van der Waals surface area (Å²) in [5.41, 5.74) is 5.86. The van der Waals surface area contributed by atoms with E-state index in [-0.39, 0.29) is 33.0 Å². The van der Waals surface area contributed by atoms with Crippen LogP contribution in [0.1, 0.15) is 11.1 Å². The van der Waals surface area contributed by atoms with Gasteiger partial charge in [0.25, 0.3) is 0 Å². The van der Waals surface area contributed by atoms with Gasteiger partial charge in [-0.25, -0.2) is 0 Å². The predicted molar refractivity (Wildman–Crippen MR) is 122 cm³/mol. The van der Waals surface area contributed by atoms with Crippen molar-refractivity contribution in [3.8, 4) is 56.4 Å². The Labute approximate surface area is 188 Å². The lowest BCUT2D eigenvalue weighted by atomic mass is 9.87. The first-order chi connectivity index (χ1) is 14.8. The molecule has 0 bridgehead atoms. The van der Waals surface area contributed by atoms with Crippen LogP contribution in [-0.4, -0.2) is 20.4 Å². The van der Waals surface area contributed by atoms with Crippen LogP contribution in [0.15, 0.2) is 60.7 Å². The molecule has 4 N–H and O–H groups in total. The van der Waals surface area contributed by atoms with Gasteiger partial charge in [-0.15, -0.1) is 0 Å². The number of fused-ring (bicyclic) bond motifs is 3. The van der Waals surface area contributed by atoms with Crippen molar-refractivity contribution in [3.05, 3.63) is 81.8 Å². The van der Waals surface area contributed by atoms with Gasteiger partial charge in [-0.3, -0.25) is 0 Å². The summed E-state index contributed by atoms with van der Waals surface area (Å²) in [7, 11) is 0. The minimum atomic E-state index is -0.351. The molecule has 0 fully saturated rings. The molecule has 31 heavy (non-hydrogen) atoms. The third kappa shape index (κ3) is 3.07. The highest BCUT2D eigenvalue weighted by molar-refractivity contribution is 6.31. The highest BCUT2D eigenvalue weighted by Gasteiger charge is 2.27. The molecular weight excluding hydrogens is 435 g/mol. The predicted octanol–water partition coefficient (Wildman–Crippen LogP) is 6.72. The topological polar surface area (TPSA) is 80.9 Å². The van der Waals surface area contributed by atoms with Crippen molar-refractivity contribution >= 4 is 23.2 Å². The van der Waals surface area contributed by atoms with Gasteiger partial charge in [-0.1, -0.05) is 59.6 Å². The lowest BCUT2D eigenvalue weighted by Crippen LogP contribution is -1.94. The summed E-state index contributed by atoms with van der Waals surface area (Å²) in [5.74, 6) is -1.34. The average molecular weight is 451 g/mol. The highest BCUT2D eigenvalue weighted by Crippen LogP contribution is 2.52. The smallest absolute Gasteiger partial charge is 0.165 e. The minimum absolute atomic E-state index is 0.248. The quantitative estimate of drug-likeness (QED) is 0.225. The first kappa shape index (κ1) is 19.6. The Morgan fingerprint density at radius 1 is 0.581 bits per heavy atom.